The number of nitrogens with one attached hydrogen (secondary N) is 1. The molecule has 0 aliphatic rings. The van der Waals surface area contributed by atoms with Gasteiger partial charge in [-0.1, -0.05) is 53.3 Å². The van der Waals surface area contributed by atoms with Crippen LogP contribution in [-0.2, 0) is 16.3 Å². The Morgan fingerprint density at radius 1 is 1.12 bits per heavy atom. The van der Waals surface area contributed by atoms with E-state index in [2.05, 4.69) is 10.2 Å². The van der Waals surface area contributed by atoms with Gasteiger partial charge in [-0.15, -0.1) is 0 Å². The summed E-state index contributed by atoms with van der Waals surface area (Å²) in [6.07, 6.45) is 0.509. The van der Waals surface area contributed by atoms with Crippen molar-refractivity contribution < 1.29 is 8.42 Å². The van der Waals surface area contributed by atoms with Gasteiger partial charge in [-0.2, -0.15) is 5.10 Å². The Balaban J connectivity index is 1.91. The van der Waals surface area contributed by atoms with Gasteiger partial charge in [-0.05, 0) is 42.0 Å². The van der Waals surface area contributed by atoms with Crippen LogP contribution >= 0.6 is 35.2 Å². The number of hydrogen-bond donors (Lipinski definition) is 1. The Morgan fingerprint density at radius 3 is 2.40 bits per heavy atom. The van der Waals surface area contributed by atoms with E-state index in [1.165, 1.54) is 23.5 Å². The third kappa shape index (κ3) is 4.76. The first-order valence-corrected chi connectivity index (χ1v) is 10.8. The van der Waals surface area contributed by atoms with Crippen molar-refractivity contribution in [2.24, 2.45) is 0 Å². The Morgan fingerprint density at radius 2 is 1.80 bits per heavy atom. The molecule has 1 atom stereocenters. The maximum atomic E-state index is 12.8. The van der Waals surface area contributed by atoms with Crippen LogP contribution in [0.4, 0.5) is 0 Å². The van der Waals surface area contributed by atoms with Gasteiger partial charge in [0, 0.05) is 17.4 Å². The van der Waals surface area contributed by atoms with Crippen molar-refractivity contribution in [1.82, 2.24) is 10.2 Å². The van der Waals surface area contributed by atoms with Gasteiger partial charge in [0.1, 0.15) is 5.01 Å². The van der Waals surface area contributed by atoms with E-state index in [4.69, 9.17) is 23.8 Å². The number of H-pyrrole nitrogens is 1. The first kappa shape index (κ1) is 18.3. The maximum absolute atomic E-state index is 12.8. The molecule has 0 saturated heterocycles. The highest BCUT2D eigenvalue weighted by Crippen LogP contribution is 2.27. The lowest BCUT2D eigenvalue weighted by Crippen LogP contribution is -2.17. The van der Waals surface area contributed by atoms with Gasteiger partial charge < -0.3 is 0 Å². The van der Waals surface area contributed by atoms with Gasteiger partial charge in [0.05, 0.1) is 10.6 Å². The molecule has 3 aromatic rings. The highest BCUT2D eigenvalue weighted by molar-refractivity contribution is 7.91. The van der Waals surface area contributed by atoms with Gasteiger partial charge in [-0.25, -0.2) is 8.42 Å². The molecule has 0 saturated carbocycles. The highest BCUT2D eigenvalue weighted by Gasteiger charge is 2.24. The molecule has 4 nitrogen and oxygen atoms in total. The van der Waals surface area contributed by atoms with Crippen molar-refractivity contribution in [3.8, 4) is 0 Å². The summed E-state index contributed by atoms with van der Waals surface area (Å²) in [5, 5.41) is 8.22. The zero-order chi connectivity index (χ0) is 17.9. The molecule has 0 radical (unpaired) electrons. The van der Waals surface area contributed by atoms with E-state index in [9.17, 15) is 8.42 Å². The van der Waals surface area contributed by atoms with E-state index in [1.807, 2.05) is 30.3 Å². The molecule has 0 bridgehead atoms. The van der Waals surface area contributed by atoms with Crippen LogP contribution in [0.2, 0.25) is 5.02 Å². The van der Waals surface area contributed by atoms with Crippen LogP contribution in [0.1, 0.15) is 16.5 Å². The lowest BCUT2D eigenvalue weighted by Gasteiger charge is -2.16. The molecule has 1 aromatic heterocycles. The molecule has 0 fully saturated rings. The van der Waals surface area contributed by atoms with E-state index >= 15 is 0 Å². The Bertz CT molecular complexity index is 996. The molecule has 0 aliphatic heterocycles. The standard InChI is InChI=1S/C17H15ClN2O2S3/c18-14-6-8-15(9-7-14)25(21,22)11-13(12-4-2-1-3-5-12)10-16-19-20-17(23)24-16/h1-9,13H,10-11H2,(H,20,23). The number of halogens is 1. The minimum Gasteiger partial charge on any atom is -0.258 e. The first-order valence-electron chi connectivity index (χ1n) is 7.52. The molecule has 1 unspecified atom stereocenters. The number of aromatic amines is 1. The molecule has 1 N–H and O–H groups in total. The third-order valence-electron chi connectivity index (χ3n) is 3.77. The van der Waals surface area contributed by atoms with Crippen molar-refractivity contribution in [2.75, 3.05) is 5.75 Å². The van der Waals surface area contributed by atoms with Crippen molar-refractivity contribution in [2.45, 2.75) is 17.2 Å². The van der Waals surface area contributed by atoms with E-state index < -0.39 is 9.84 Å². The van der Waals surface area contributed by atoms with Crippen molar-refractivity contribution in [3.63, 3.8) is 0 Å². The monoisotopic (exact) mass is 410 g/mol. The summed E-state index contributed by atoms with van der Waals surface area (Å²) in [6.45, 7) is 0. The molecule has 25 heavy (non-hydrogen) atoms. The van der Waals surface area contributed by atoms with Gasteiger partial charge in [-0.3, -0.25) is 5.10 Å². The number of sulfone groups is 1. The minimum absolute atomic E-state index is 0.00894. The smallest absolute Gasteiger partial charge is 0.178 e. The van der Waals surface area contributed by atoms with Gasteiger partial charge in [0.2, 0.25) is 0 Å². The van der Waals surface area contributed by atoms with E-state index in [1.54, 1.807) is 12.1 Å². The van der Waals surface area contributed by atoms with Gasteiger partial charge in [0.15, 0.2) is 13.8 Å². The number of rotatable bonds is 6. The molecule has 0 amide bonds. The second kappa shape index (κ2) is 7.78. The molecule has 1 heterocycles. The average Bonchev–Trinajstić information content (AvgIpc) is 3.00. The first-order chi connectivity index (χ1) is 11.9. The van der Waals surface area contributed by atoms with E-state index in [0.717, 1.165) is 10.6 Å². The second-order valence-electron chi connectivity index (χ2n) is 5.55. The summed E-state index contributed by atoms with van der Waals surface area (Å²) in [6, 6.07) is 15.9. The summed E-state index contributed by atoms with van der Waals surface area (Å²) < 4.78 is 26.3. The average molecular weight is 411 g/mol. The quantitative estimate of drug-likeness (QED) is 0.600. The van der Waals surface area contributed by atoms with E-state index in [-0.39, 0.29) is 16.6 Å². The lowest BCUT2D eigenvalue weighted by molar-refractivity contribution is 0.586. The van der Waals surface area contributed by atoms with Crippen molar-refractivity contribution >= 4 is 45.0 Å². The predicted octanol–water partition coefficient (Wildman–Crippen LogP) is 4.65. The zero-order valence-electron chi connectivity index (χ0n) is 13.1. The molecule has 3 rings (SSSR count). The molecule has 130 valence electrons. The normalized spacial score (nSPS) is 12.8. The fourth-order valence-electron chi connectivity index (χ4n) is 2.56. The van der Waals surface area contributed by atoms with Crippen LogP contribution in [-0.4, -0.2) is 24.4 Å². The summed E-state index contributed by atoms with van der Waals surface area (Å²) in [5.74, 6) is -0.221. The Labute approximate surface area is 160 Å². The molecular weight excluding hydrogens is 396 g/mol. The third-order valence-corrected chi connectivity index (χ3v) is 6.96. The molecule has 0 aliphatic carbocycles. The van der Waals surface area contributed by atoms with Crippen LogP contribution in [0.15, 0.2) is 59.5 Å². The zero-order valence-corrected chi connectivity index (χ0v) is 16.3. The SMILES string of the molecule is O=S(=O)(CC(Cc1n[nH]c(=S)s1)c1ccccc1)c1ccc(Cl)cc1. The second-order valence-corrected chi connectivity index (χ2v) is 9.77. The number of benzene rings is 2. The summed E-state index contributed by atoms with van der Waals surface area (Å²) in [7, 11) is -3.46. The summed E-state index contributed by atoms with van der Waals surface area (Å²) in [4.78, 5) is 0.271. The van der Waals surface area contributed by atoms with Crippen LogP contribution < -0.4 is 0 Å². The van der Waals surface area contributed by atoms with Gasteiger partial charge >= 0.3 is 0 Å². The minimum atomic E-state index is -3.46. The van der Waals surface area contributed by atoms with Crippen LogP contribution in [0.3, 0.4) is 0 Å². The van der Waals surface area contributed by atoms with Crippen LogP contribution in [0.25, 0.3) is 0 Å². The fraction of sp³-hybridized carbons (Fsp3) is 0.176. The number of aromatic nitrogens is 2. The molecule has 0 spiro atoms. The predicted molar refractivity (Wildman–Crippen MR) is 104 cm³/mol. The van der Waals surface area contributed by atoms with Crippen molar-refractivity contribution in [3.05, 3.63) is 74.1 Å². The summed E-state index contributed by atoms with van der Waals surface area (Å²) >= 11 is 12.3. The lowest BCUT2D eigenvalue weighted by atomic mass is 9.98. The van der Waals surface area contributed by atoms with E-state index in [0.29, 0.717) is 15.4 Å². The molecule has 8 heteroatoms. The Hall–Kier alpha value is -1.54. The molecule has 2 aromatic carbocycles. The van der Waals surface area contributed by atoms with Crippen LogP contribution in [0.5, 0.6) is 0 Å². The fourth-order valence-corrected chi connectivity index (χ4v) is 5.28. The van der Waals surface area contributed by atoms with Crippen molar-refractivity contribution in [1.29, 1.82) is 0 Å². The Kier molecular flexibility index (Phi) is 5.68. The highest BCUT2D eigenvalue weighted by atomic mass is 35.5. The largest absolute Gasteiger partial charge is 0.258 e. The van der Waals surface area contributed by atoms with Gasteiger partial charge in [0.25, 0.3) is 0 Å². The topological polar surface area (TPSA) is 62.8 Å². The van der Waals surface area contributed by atoms with Crippen LogP contribution in [0, 0.1) is 3.95 Å². The maximum Gasteiger partial charge on any atom is 0.178 e. The summed E-state index contributed by atoms with van der Waals surface area (Å²) in [5.41, 5.74) is 0.959. The number of hydrogen-bond acceptors (Lipinski definition) is 5. The molecular formula is C17H15ClN2O2S3. The number of nitrogens with zero attached hydrogens (tertiary/aromatic N) is 1.